The molecule has 0 amide bonds. The highest BCUT2D eigenvalue weighted by Crippen LogP contribution is 2.34. The molecule has 0 aliphatic rings. The molecule has 136 valence electrons. The first-order valence-electron chi connectivity index (χ1n) is 9.39. The third-order valence-electron chi connectivity index (χ3n) is 5.44. The molecule has 0 unspecified atom stereocenters. The summed E-state index contributed by atoms with van der Waals surface area (Å²) in [5.41, 5.74) is 8.04. The van der Waals surface area contributed by atoms with Crippen molar-refractivity contribution < 1.29 is 4.42 Å². The Balaban J connectivity index is 1.72. The minimum atomic E-state index is 0.705. The number of imidazole rings is 2. The molecule has 7 aromatic rings. The fourth-order valence-electron chi connectivity index (χ4n) is 4.23. The van der Waals surface area contributed by atoms with E-state index < -0.39 is 0 Å². The van der Waals surface area contributed by atoms with E-state index in [9.17, 15) is 0 Å². The van der Waals surface area contributed by atoms with E-state index in [1.807, 2.05) is 48.5 Å². The lowest BCUT2D eigenvalue weighted by atomic mass is 10.2. The van der Waals surface area contributed by atoms with Gasteiger partial charge in [-0.2, -0.15) is 0 Å². The summed E-state index contributed by atoms with van der Waals surface area (Å²) < 4.78 is 10.5. The van der Waals surface area contributed by atoms with Crippen LogP contribution in [0, 0.1) is 0 Å². The maximum atomic E-state index is 6.20. The zero-order chi connectivity index (χ0) is 18.9. The van der Waals surface area contributed by atoms with E-state index in [0.29, 0.717) is 5.58 Å². The van der Waals surface area contributed by atoms with Crippen LogP contribution in [0.25, 0.3) is 55.7 Å². The number of hydrogen-bond acceptors (Lipinski definition) is 4. The van der Waals surface area contributed by atoms with E-state index >= 15 is 0 Å². The number of para-hydroxylation sites is 4. The Kier molecular flexibility index (Phi) is 2.66. The molecule has 6 nitrogen and oxygen atoms in total. The summed E-state index contributed by atoms with van der Waals surface area (Å²) in [6.45, 7) is 0. The van der Waals surface area contributed by atoms with Crippen molar-refractivity contribution in [2.75, 3.05) is 0 Å². The molecule has 0 radical (unpaired) electrons. The summed E-state index contributed by atoms with van der Waals surface area (Å²) in [5.74, 6) is 0.841. The van der Waals surface area contributed by atoms with Gasteiger partial charge >= 0.3 is 0 Å². The molecule has 29 heavy (non-hydrogen) atoms. The monoisotopic (exact) mass is 375 g/mol. The van der Waals surface area contributed by atoms with E-state index in [1.165, 1.54) is 0 Å². The van der Waals surface area contributed by atoms with Gasteiger partial charge in [-0.1, -0.05) is 24.3 Å². The molecular formula is C23H13N5O. The Hall–Kier alpha value is -4.19. The molecule has 0 saturated heterocycles. The van der Waals surface area contributed by atoms with E-state index in [-0.39, 0.29) is 0 Å². The first-order chi connectivity index (χ1) is 14.4. The predicted octanol–water partition coefficient (Wildman–Crippen LogP) is 5.12. The van der Waals surface area contributed by atoms with Gasteiger partial charge < -0.3 is 4.42 Å². The summed E-state index contributed by atoms with van der Waals surface area (Å²) >= 11 is 0. The van der Waals surface area contributed by atoms with Gasteiger partial charge in [0, 0.05) is 12.4 Å². The standard InChI is InChI=1S/C23H13N5O/c1-2-7-15-14(6-1)26-23-27(15)16-8-3-4-9-17(16)28(23)18-11-13-25-21-20-19(29-22(18)21)10-5-12-24-20/h1-13H. The number of pyridine rings is 2. The maximum absolute atomic E-state index is 6.20. The highest BCUT2D eigenvalue weighted by molar-refractivity contribution is 6.03. The molecule has 7 rings (SSSR count). The molecular weight excluding hydrogens is 362 g/mol. The van der Waals surface area contributed by atoms with Crippen molar-refractivity contribution in [3.8, 4) is 5.69 Å². The van der Waals surface area contributed by atoms with Crippen LogP contribution in [-0.4, -0.2) is 23.9 Å². The van der Waals surface area contributed by atoms with Crippen molar-refractivity contribution in [3.63, 3.8) is 0 Å². The van der Waals surface area contributed by atoms with Crippen LogP contribution in [0.15, 0.2) is 83.5 Å². The van der Waals surface area contributed by atoms with E-state index in [0.717, 1.165) is 50.1 Å². The van der Waals surface area contributed by atoms with Gasteiger partial charge in [0.25, 0.3) is 0 Å². The Labute approximate surface area is 163 Å². The molecule has 0 spiro atoms. The Morgan fingerprint density at radius 3 is 2.41 bits per heavy atom. The molecule has 6 heteroatoms. The fourth-order valence-corrected chi connectivity index (χ4v) is 4.23. The van der Waals surface area contributed by atoms with Crippen molar-refractivity contribution in [2.24, 2.45) is 0 Å². The van der Waals surface area contributed by atoms with Gasteiger partial charge in [0.1, 0.15) is 11.0 Å². The zero-order valence-electron chi connectivity index (χ0n) is 15.1. The highest BCUT2D eigenvalue weighted by Gasteiger charge is 2.20. The van der Waals surface area contributed by atoms with Crippen LogP contribution >= 0.6 is 0 Å². The minimum Gasteiger partial charge on any atom is -0.450 e. The Bertz CT molecular complexity index is 1720. The topological polar surface area (TPSA) is 61.2 Å². The van der Waals surface area contributed by atoms with Crippen molar-refractivity contribution in [2.45, 2.75) is 0 Å². The van der Waals surface area contributed by atoms with Crippen LogP contribution in [0.4, 0.5) is 0 Å². The second-order valence-electron chi connectivity index (χ2n) is 7.02. The van der Waals surface area contributed by atoms with Gasteiger partial charge in [0.05, 0.1) is 27.8 Å². The van der Waals surface area contributed by atoms with Crippen LogP contribution < -0.4 is 0 Å². The van der Waals surface area contributed by atoms with E-state index in [2.05, 4.69) is 37.1 Å². The van der Waals surface area contributed by atoms with Gasteiger partial charge in [0.2, 0.25) is 5.78 Å². The van der Waals surface area contributed by atoms with Gasteiger partial charge in [-0.15, -0.1) is 0 Å². The lowest BCUT2D eigenvalue weighted by Gasteiger charge is -2.05. The lowest BCUT2D eigenvalue weighted by molar-refractivity contribution is 0.664. The number of fused-ring (bicyclic) bond motifs is 8. The molecule has 0 saturated carbocycles. The van der Waals surface area contributed by atoms with Crippen LogP contribution in [0.3, 0.4) is 0 Å². The summed E-state index contributed by atoms with van der Waals surface area (Å²) in [6, 6.07) is 22.3. The first-order valence-corrected chi connectivity index (χ1v) is 9.39. The normalized spacial score (nSPS) is 12.1. The number of benzene rings is 2. The summed E-state index contributed by atoms with van der Waals surface area (Å²) in [4.78, 5) is 13.9. The van der Waals surface area contributed by atoms with Crippen LogP contribution in [0.2, 0.25) is 0 Å². The average Bonchev–Trinajstić information content (AvgIpc) is 3.42. The molecule has 0 aliphatic carbocycles. The molecule has 0 bridgehead atoms. The first kappa shape index (κ1) is 14.8. The van der Waals surface area contributed by atoms with Crippen LogP contribution in [0.5, 0.6) is 0 Å². The Morgan fingerprint density at radius 1 is 0.690 bits per heavy atom. The Morgan fingerprint density at radius 2 is 1.48 bits per heavy atom. The number of furan rings is 1. The van der Waals surface area contributed by atoms with Gasteiger partial charge in [-0.3, -0.25) is 18.9 Å². The molecule has 0 N–H and O–H groups in total. The van der Waals surface area contributed by atoms with Crippen molar-refractivity contribution in [3.05, 3.63) is 79.1 Å². The molecule has 0 aliphatic heterocycles. The number of hydrogen-bond donors (Lipinski definition) is 0. The quantitative estimate of drug-likeness (QED) is 0.399. The highest BCUT2D eigenvalue weighted by atomic mass is 16.3. The number of nitrogens with zero attached hydrogens (tertiary/aromatic N) is 5. The van der Waals surface area contributed by atoms with Gasteiger partial charge in [0.15, 0.2) is 11.2 Å². The van der Waals surface area contributed by atoms with Crippen LogP contribution in [0.1, 0.15) is 0 Å². The SMILES string of the molecule is c1ccc2c(c1)nc1n(-c3ccnc4c3oc3cccnc34)c3ccccc3n21. The van der Waals surface area contributed by atoms with E-state index in [4.69, 9.17) is 9.40 Å². The largest absolute Gasteiger partial charge is 0.450 e. The van der Waals surface area contributed by atoms with Crippen LogP contribution in [-0.2, 0) is 0 Å². The molecule has 5 aromatic heterocycles. The smallest absolute Gasteiger partial charge is 0.220 e. The van der Waals surface area contributed by atoms with Gasteiger partial charge in [-0.05, 0) is 42.5 Å². The third kappa shape index (κ3) is 1.82. The van der Waals surface area contributed by atoms with Crippen molar-refractivity contribution in [1.82, 2.24) is 23.9 Å². The van der Waals surface area contributed by atoms with Gasteiger partial charge in [-0.25, -0.2) is 4.98 Å². The lowest BCUT2D eigenvalue weighted by Crippen LogP contribution is -1.96. The average molecular weight is 375 g/mol. The van der Waals surface area contributed by atoms with Crippen molar-refractivity contribution >= 4 is 50.0 Å². The molecule has 5 heterocycles. The maximum Gasteiger partial charge on any atom is 0.220 e. The minimum absolute atomic E-state index is 0.705. The summed E-state index contributed by atoms with van der Waals surface area (Å²) in [6.07, 6.45) is 3.56. The van der Waals surface area contributed by atoms with Crippen molar-refractivity contribution in [1.29, 1.82) is 0 Å². The second-order valence-corrected chi connectivity index (χ2v) is 7.02. The predicted molar refractivity (Wildman–Crippen MR) is 112 cm³/mol. The third-order valence-corrected chi connectivity index (χ3v) is 5.44. The summed E-state index contributed by atoms with van der Waals surface area (Å²) in [7, 11) is 0. The fraction of sp³-hybridized carbons (Fsp3) is 0. The summed E-state index contributed by atoms with van der Waals surface area (Å²) in [5, 5.41) is 0. The number of rotatable bonds is 1. The molecule has 0 fully saturated rings. The van der Waals surface area contributed by atoms with E-state index in [1.54, 1.807) is 12.4 Å². The molecule has 2 aromatic carbocycles. The second kappa shape index (κ2) is 5.20. The zero-order valence-corrected chi connectivity index (χ0v) is 15.1. The number of aromatic nitrogens is 5. The molecule has 0 atom stereocenters.